The Hall–Kier alpha value is -1.25. The van der Waals surface area contributed by atoms with Gasteiger partial charge in [-0.1, -0.05) is 25.7 Å². The van der Waals surface area contributed by atoms with Crippen molar-refractivity contribution in [1.29, 1.82) is 0 Å². The predicted octanol–water partition coefficient (Wildman–Crippen LogP) is 2.87. The minimum absolute atomic E-state index is 0.142. The molecule has 0 atom stereocenters. The van der Waals surface area contributed by atoms with Crippen molar-refractivity contribution in [3.8, 4) is 0 Å². The number of carbonyl (C=O) groups excluding carboxylic acids is 1. The van der Waals surface area contributed by atoms with Gasteiger partial charge in [-0.2, -0.15) is 0 Å². The average Bonchev–Trinajstić information content (AvgIpc) is 2.96. The third-order valence-corrected chi connectivity index (χ3v) is 3.29. The van der Waals surface area contributed by atoms with Gasteiger partial charge in [0.05, 0.1) is 12.8 Å². The van der Waals surface area contributed by atoms with Crippen LogP contribution < -0.4 is 5.32 Å². The minimum Gasteiger partial charge on any atom is -0.467 e. The molecule has 16 heavy (non-hydrogen) atoms. The summed E-state index contributed by atoms with van der Waals surface area (Å²) in [6, 6.07) is 3.71. The molecule has 1 aromatic rings. The van der Waals surface area contributed by atoms with Crippen LogP contribution in [0.25, 0.3) is 0 Å². The van der Waals surface area contributed by atoms with E-state index in [1.807, 2.05) is 12.1 Å². The molecule has 1 heterocycles. The first kappa shape index (κ1) is 11.2. The van der Waals surface area contributed by atoms with Crippen molar-refractivity contribution >= 4 is 5.91 Å². The molecule has 0 unspecified atom stereocenters. The Morgan fingerprint density at radius 3 is 2.94 bits per heavy atom. The zero-order valence-corrected chi connectivity index (χ0v) is 9.58. The van der Waals surface area contributed by atoms with Gasteiger partial charge < -0.3 is 9.73 Å². The minimum atomic E-state index is 0.142. The molecule has 1 aliphatic carbocycles. The molecule has 1 aliphatic rings. The lowest BCUT2D eigenvalue weighted by Crippen LogP contribution is -2.22. The van der Waals surface area contributed by atoms with Crippen molar-refractivity contribution in [2.24, 2.45) is 5.92 Å². The highest BCUT2D eigenvalue weighted by molar-refractivity contribution is 5.75. The smallest absolute Gasteiger partial charge is 0.220 e. The summed E-state index contributed by atoms with van der Waals surface area (Å²) in [5, 5.41) is 2.88. The highest BCUT2D eigenvalue weighted by atomic mass is 16.3. The highest BCUT2D eigenvalue weighted by Gasteiger charge is 2.15. The third-order valence-electron chi connectivity index (χ3n) is 3.29. The van der Waals surface area contributed by atoms with E-state index in [0.29, 0.717) is 13.0 Å². The number of amides is 1. The maximum Gasteiger partial charge on any atom is 0.220 e. The van der Waals surface area contributed by atoms with E-state index in [0.717, 1.165) is 18.1 Å². The summed E-state index contributed by atoms with van der Waals surface area (Å²) in [5.74, 6) is 1.74. The number of carbonyl (C=O) groups is 1. The van der Waals surface area contributed by atoms with Gasteiger partial charge in [0.15, 0.2) is 0 Å². The van der Waals surface area contributed by atoms with E-state index in [2.05, 4.69) is 5.32 Å². The quantitative estimate of drug-likeness (QED) is 0.830. The number of nitrogens with one attached hydrogen (secondary N) is 1. The number of hydrogen-bond acceptors (Lipinski definition) is 2. The van der Waals surface area contributed by atoms with Gasteiger partial charge in [0.1, 0.15) is 5.76 Å². The third kappa shape index (κ3) is 3.40. The Bertz CT molecular complexity index is 313. The molecule has 0 aliphatic heterocycles. The van der Waals surface area contributed by atoms with Crippen LogP contribution in [-0.2, 0) is 11.3 Å². The fourth-order valence-electron chi connectivity index (χ4n) is 2.32. The van der Waals surface area contributed by atoms with E-state index in [4.69, 9.17) is 4.42 Å². The number of furan rings is 1. The molecule has 3 nitrogen and oxygen atoms in total. The zero-order valence-electron chi connectivity index (χ0n) is 9.58. The topological polar surface area (TPSA) is 42.2 Å². The summed E-state index contributed by atoms with van der Waals surface area (Å²) in [6.45, 7) is 0.510. The van der Waals surface area contributed by atoms with Crippen molar-refractivity contribution < 1.29 is 9.21 Å². The molecule has 1 N–H and O–H groups in total. The largest absolute Gasteiger partial charge is 0.467 e. The van der Waals surface area contributed by atoms with Gasteiger partial charge in [0, 0.05) is 6.42 Å². The molecule has 1 saturated carbocycles. The van der Waals surface area contributed by atoms with Gasteiger partial charge in [-0.25, -0.2) is 0 Å². The van der Waals surface area contributed by atoms with E-state index in [-0.39, 0.29) is 5.91 Å². The Morgan fingerprint density at radius 1 is 1.44 bits per heavy atom. The van der Waals surface area contributed by atoms with Crippen LogP contribution in [0.3, 0.4) is 0 Å². The van der Waals surface area contributed by atoms with Crippen molar-refractivity contribution in [3.63, 3.8) is 0 Å². The van der Waals surface area contributed by atoms with Gasteiger partial charge in [0.2, 0.25) is 5.91 Å². The molecule has 0 saturated heterocycles. The number of hydrogen-bond donors (Lipinski definition) is 1. The summed E-state index contributed by atoms with van der Waals surface area (Å²) < 4.78 is 5.15. The SMILES string of the molecule is O=C(CCC1CCCC1)NCc1ccco1. The van der Waals surface area contributed by atoms with Crippen LogP contribution in [0.5, 0.6) is 0 Å². The summed E-state index contributed by atoms with van der Waals surface area (Å²) in [6.07, 6.45) is 8.64. The number of rotatable bonds is 5. The van der Waals surface area contributed by atoms with Crippen LogP contribution in [0.2, 0.25) is 0 Å². The normalized spacial score (nSPS) is 16.5. The van der Waals surface area contributed by atoms with Crippen molar-refractivity contribution in [1.82, 2.24) is 5.32 Å². The molecule has 2 rings (SSSR count). The molecule has 88 valence electrons. The second-order valence-electron chi connectivity index (χ2n) is 4.55. The molecule has 1 aromatic heterocycles. The lowest BCUT2D eigenvalue weighted by atomic mass is 10.0. The molecule has 0 bridgehead atoms. The molecular formula is C13H19NO2. The first-order valence-corrected chi connectivity index (χ1v) is 6.13. The van der Waals surface area contributed by atoms with Gasteiger partial charge >= 0.3 is 0 Å². The van der Waals surface area contributed by atoms with E-state index < -0.39 is 0 Å². The van der Waals surface area contributed by atoms with E-state index in [9.17, 15) is 4.79 Å². The van der Waals surface area contributed by atoms with Gasteiger partial charge in [-0.05, 0) is 24.5 Å². The fourth-order valence-corrected chi connectivity index (χ4v) is 2.32. The molecule has 1 amide bonds. The molecular weight excluding hydrogens is 202 g/mol. The van der Waals surface area contributed by atoms with Crippen LogP contribution in [0.4, 0.5) is 0 Å². The monoisotopic (exact) mass is 221 g/mol. The molecule has 0 spiro atoms. The van der Waals surface area contributed by atoms with Gasteiger partial charge in [-0.3, -0.25) is 4.79 Å². The zero-order chi connectivity index (χ0) is 11.2. The van der Waals surface area contributed by atoms with E-state index >= 15 is 0 Å². The summed E-state index contributed by atoms with van der Waals surface area (Å²) >= 11 is 0. The van der Waals surface area contributed by atoms with Crippen molar-refractivity contribution in [2.45, 2.75) is 45.1 Å². The van der Waals surface area contributed by atoms with Gasteiger partial charge in [-0.15, -0.1) is 0 Å². The van der Waals surface area contributed by atoms with Crippen LogP contribution in [-0.4, -0.2) is 5.91 Å². The Morgan fingerprint density at radius 2 is 2.25 bits per heavy atom. The lowest BCUT2D eigenvalue weighted by molar-refractivity contribution is -0.121. The molecule has 0 aromatic carbocycles. The molecule has 1 fully saturated rings. The van der Waals surface area contributed by atoms with Crippen LogP contribution in [0, 0.1) is 5.92 Å². The first-order valence-electron chi connectivity index (χ1n) is 6.13. The maximum atomic E-state index is 11.5. The van der Waals surface area contributed by atoms with Crippen molar-refractivity contribution in [2.75, 3.05) is 0 Å². The first-order chi connectivity index (χ1) is 7.84. The van der Waals surface area contributed by atoms with Crippen molar-refractivity contribution in [3.05, 3.63) is 24.2 Å². The van der Waals surface area contributed by atoms with Gasteiger partial charge in [0.25, 0.3) is 0 Å². The predicted molar refractivity (Wildman–Crippen MR) is 61.7 cm³/mol. The maximum absolute atomic E-state index is 11.5. The second kappa shape index (κ2) is 5.73. The Kier molecular flexibility index (Phi) is 4.03. The van der Waals surface area contributed by atoms with E-state index in [1.165, 1.54) is 25.7 Å². The van der Waals surface area contributed by atoms with Crippen LogP contribution in [0.1, 0.15) is 44.3 Å². The molecule has 3 heteroatoms. The van der Waals surface area contributed by atoms with Crippen LogP contribution >= 0.6 is 0 Å². The Balaban J connectivity index is 1.60. The summed E-state index contributed by atoms with van der Waals surface area (Å²) in [5.41, 5.74) is 0. The lowest BCUT2D eigenvalue weighted by Gasteiger charge is -2.08. The van der Waals surface area contributed by atoms with E-state index in [1.54, 1.807) is 6.26 Å². The standard InChI is InChI=1S/C13H19NO2/c15-13(8-7-11-4-1-2-5-11)14-10-12-6-3-9-16-12/h3,6,9,11H,1-2,4-5,7-8,10H2,(H,14,15). The summed E-state index contributed by atoms with van der Waals surface area (Å²) in [4.78, 5) is 11.5. The summed E-state index contributed by atoms with van der Waals surface area (Å²) in [7, 11) is 0. The fraction of sp³-hybridized carbons (Fsp3) is 0.615. The van der Waals surface area contributed by atoms with Crippen LogP contribution in [0.15, 0.2) is 22.8 Å². The second-order valence-corrected chi connectivity index (χ2v) is 4.55. The Labute approximate surface area is 96.2 Å². The highest BCUT2D eigenvalue weighted by Crippen LogP contribution is 2.28. The molecule has 0 radical (unpaired) electrons. The average molecular weight is 221 g/mol.